The summed E-state index contributed by atoms with van der Waals surface area (Å²) in [5, 5.41) is 0. The minimum absolute atomic E-state index is 0.323. The maximum atomic E-state index is 10.8. The van der Waals surface area contributed by atoms with Gasteiger partial charge in [-0.25, -0.2) is 4.79 Å². The SMILES string of the molecule is NC(=O)c1c(N)[nH]c(=O)[nH]c1=O. The third-order valence-electron chi connectivity index (χ3n) is 1.22. The lowest BCUT2D eigenvalue weighted by molar-refractivity contribution is 0.0999. The Labute approximate surface area is 65.4 Å². The molecule has 0 spiro atoms. The second-order valence-electron chi connectivity index (χ2n) is 2.06. The molecule has 0 bridgehead atoms. The van der Waals surface area contributed by atoms with Crippen molar-refractivity contribution < 1.29 is 4.79 Å². The smallest absolute Gasteiger partial charge is 0.327 e. The fourth-order valence-electron chi connectivity index (χ4n) is 0.749. The Balaban J connectivity index is 3.60. The molecular formula is C5H6N4O3. The zero-order chi connectivity index (χ0) is 9.30. The third-order valence-corrected chi connectivity index (χ3v) is 1.22. The molecule has 64 valence electrons. The monoisotopic (exact) mass is 170 g/mol. The van der Waals surface area contributed by atoms with Crippen molar-refractivity contribution in [1.29, 1.82) is 0 Å². The van der Waals surface area contributed by atoms with Gasteiger partial charge in [-0.15, -0.1) is 0 Å². The molecule has 7 nitrogen and oxygen atoms in total. The quantitative estimate of drug-likeness (QED) is 0.378. The fourth-order valence-corrected chi connectivity index (χ4v) is 0.749. The predicted octanol–water partition coefficient (Wildman–Crippen LogP) is -2.26. The van der Waals surface area contributed by atoms with Crippen molar-refractivity contribution >= 4 is 11.7 Å². The maximum Gasteiger partial charge on any atom is 0.327 e. The topological polar surface area (TPSA) is 135 Å². The van der Waals surface area contributed by atoms with Gasteiger partial charge in [0.2, 0.25) is 0 Å². The molecule has 0 aliphatic heterocycles. The lowest BCUT2D eigenvalue weighted by atomic mass is 10.3. The van der Waals surface area contributed by atoms with Crippen molar-refractivity contribution in [3.05, 3.63) is 26.4 Å². The molecule has 0 aliphatic rings. The van der Waals surface area contributed by atoms with E-state index >= 15 is 0 Å². The minimum atomic E-state index is -0.981. The standard InChI is InChI=1S/C5H6N4O3/c6-2-1(3(7)10)4(11)9-5(12)8-2/h(H2,7,10)(H4,6,8,9,11,12). The van der Waals surface area contributed by atoms with E-state index in [1.165, 1.54) is 0 Å². The maximum absolute atomic E-state index is 10.8. The summed E-state index contributed by atoms with van der Waals surface area (Å²) in [5.41, 5.74) is 7.85. The second kappa shape index (κ2) is 2.53. The summed E-state index contributed by atoms with van der Waals surface area (Å²) in [5.74, 6) is -1.30. The third kappa shape index (κ3) is 1.19. The number of primary amides is 1. The first-order chi connectivity index (χ1) is 5.52. The van der Waals surface area contributed by atoms with Crippen LogP contribution in [0, 0.1) is 0 Å². The van der Waals surface area contributed by atoms with Crippen LogP contribution in [-0.4, -0.2) is 15.9 Å². The van der Waals surface area contributed by atoms with E-state index in [4.69, 9.17) is 11.5 Å². The number of rotatable bonds is 1. The highest BCUT2D eigenvalue weighted by molar-refractivity contribution is 5.96. The van der Waals surface area contributed by atoms with E-state index < -0.39 is 22.7 Å². The highest BCUT2D eigenvalue weighted by Gasteiger charge is 2.11. The number of carbonyl (C=O) groups excluding carboxylic acids is 1. The summed E-state index contributed by atoms with van der Waals surface area (Å²) in [6.45, 7) is 0. The van der Waals surface area contributed by atoms with Crippen LogP contribution in [0.1, 0.15) is 10.4 Å². The molecule has 1 amide bonds. The van der Waals surface area contributed by atoms with Crippen LogP contribution in [0.3, 0.4) is 0 Å². The molecule has 1 aromatic heterocycles. The molecule has 0 aliphatic carbocycles. The van der Waals surface area contributed by atoms with Gasteiger partial charge in [0, 0.05) is 0 Å². The highest BCUT2D eigenvalue weighted by Crippen LogP contribution is 1.94. The number of amides is 1. The van der Waals surface area contributed by atoms with E-state index in [2.05, 4.69) is 0 Å². The van der Waals surface area contributed by atoms with Crippen LogP contribution in [0.4, 0.5) is 5.82 Å². The Morgan fingerprint density at radius 1 is 1.25 bits per heavy atom. The van der Waals surface area contributed by atoms with Crippen LogP contribution in [-0.2, 0) is 0 Å². The van der Waals surface area contributed by atoms with E-state index in [0.29, 0.717) is 0 Å². The van der Waals surface area contributed by atoms with Gasteiger partial charge in [0.15, 0.2) is 0 Å². The van der Waals surface area contributed by atoms with Crippen molar-refractivity contribution in [2.45, 2.75) is 0 Å². The van der Waals surface area contributed by atoms with Gasteiger partial charge in [0.05, 0.1) is 0 Å². The van der Waals surface area contributed by atoms with Crippen LogP contribution >= 0.6 is 0 Å². The molecule has 1 rings (SSSR count). The lowest BCUT2D eigenvalue weighted by Gasteiger charge is -1.96. The zero-order valence-corrected chi connectivity index (χ0v) is 5.88. The van der Waals surface area contributed by atoms with Crippen molar-refractivity contribution in [1.82, 2.24) is 9.97 Å². The number of hydrogen-bond acceptors (Lipinski definition) is 4. The Morgan fingerprint density at radius 2 is 1.83 bits per heavy atom. The van der Waals surface area contributed by atoms with Crippen LogP contribution in [0.15, 0.2) is 9.59 Å². The molecule has 0 saturated heterocycles. The van der Waals surface area contributed by atoms with Crippen LogP contribution in [0.25, 0.3) is 0 Å². The molecule has 0 atom stereocenters. The first kappa shape index (κ1) is 8.05. The number of nitrogens with two attached hydrogens (primary N) is 2. The van der Waals surface area contributed by atoms with Crippen molar-refractivity contribution in [3.8, 4) is 0 Å². The Kier molecular flexibility index (Phi) is 1.70. The second-order valence-corrected chi connectivity index (χ2v) is 2.06. The Bertz CT molecular complexity index is 429. The van der Waals surface area contributed by atoms with E-state index in [1.807, 2.05) is 9.97 Å². The van der Waals surface area contributed by atoms with Gasteiger partial charge in [-0.2, -0.15) is 0 Å². The first-order valence-electron chi connectivity index (χ1n) is 2.94. The fraction of sp³-hybridized carbons (Fsp3) is 0. The number of nitrogen functional groups attached to an aromatic ring is 1. The molecule has 1 aromatic rings. The normalized spacial score (nSPS) is 9.67. The molecule has 0 aromatic carbocycles. The number of nitrogens with one attached hydrogen (secondary N) is 2. The number of aromatic amines is 2. The molecule has 0 saturated carbocycles. The van der Waals surface area contributed by atoms with Crippen LogP contribution in [0.2, 0.25) is 0 Å². The summed E-state index contributed by atoms with van der Waals surface area (Å²) in [6.07, 6.45) is 0. The molecule has 0 radical (unpaired) electrons. The number of hydrogen-bond donors (Lipinski definition) is 4. The van der Waals surface area contributed by atoms with E-state index in [0.717, 1.165) is 0 Å². The Morgan fingerprint density at radius 3 is 2.25 bits per heavy atom. The molecule has 12 heavy (non-hydrogen) atoms. The van der Waals surface area contributed by atoms with Gasteiger partial charge in [-0.05, 0) is 0 Å². The van der Waals surface area contributed by atoms with Crippen molar-refractivity contribution in [2.24, 2.45) is 5.73 Å². The predicted molar refractivity (Wildman–Crippen MR) is 40.6 cm³/mol. The molecule has 6 N–H and O–H groups in total. The van der Waals surface area contributed by atoms with Crippen LogP contribution in [0.5, 0.6) is 0 Å². The molecule has 0 fully saturated rings. The first-order valence-corrected chi connectivity index (χ1v) is 2.94. The zero-order valence-electron chi connectivity index (χ0n) is 5.88. The van der Waals surface area contributed by atoms with E-state index in [-0.39, 0.29) is 5.82 Å². The highest BCUT2D eigenvalue weighted by atomic mass is 16.2. The molecule has 7 heteroatoms. The van der Waals surface area contributed by atoms with Gasteiger partial charge in [0.25, 0.3) is 11.5 Å². The van der Waals surface area contributed by atoms with Crippen molar-refractivity contribution in [3.63, 3.8) is 0 Å². The molecular weight excluding hydrogens is 164 g/mol. The molecule has 1 heterocycles. The summed E-state index contributed by atoms with van der Waals surface area (Å²) < 4.78 is 0. The Hall–Kier alpha value is -2.05. The minimum Gasteiger partial charge on any atom is -0.384 e. The van der Waals surface area contributed by atoms with Crippen molar-refractivity contribution in [2.75, 3.05) is 5.73 Å². The van der Waals surface area contributed by atoms with Gasteiger partial charge in [-0.1, -0.05) is 0 Å². The van der Waals surface area contributed by atoms with Gasteiger partial charge < -0.3 is 11.5 Å². The van der Waals surface area contributed by atoms with Crippen LogP contribution < -0.4 is 22.7 Å². The number of carbonyl (C=O) groups is 1. The van der Waals surface area contributed by atoms with Gasteiger partial charge >= 0.3 is 5.69 Å². The van der Waals surface area contributed by atoms with E-state index in [1.54, 1.807) is 0 Å². The average molecular weight is 170 g/mol. The summed E-state index contributed by atoms with van der Waals surface area (Å²) >= 11 is 0. The summed E-state index contributed by atoms with van der Waals surface area (Å²) in [6, 6.07) is 0. The largest absolute Gasteiger partial charge is 0.384 e. The van der Waals surface area contributed by atoms with E-state index in [9.17, 15) is 14.4 Å². The number of anilines is 1. The lowest BCUT2D eigenvalue weighted by Crippen LogP contribution is -2.32. The molecule has 0 unspecified atom stereocenters. The number of aromatic nitrogens is 2. The average Bonchev–Trinajstić information content (AvgIpc) is 1.82. The van der Waals surface area contributed by atoms with Gasteiger partial charge in [0.1, 0.15) is 11.4 Å². The summed E-state index contributed by atoms with van der Waals surface area (Å²) in [4.78, 5) is 35.8. The summed E-state index contributed by atoms with van der Waals surface area (Å²) in [7, 11) is 0. The van der Waals surface area contributed by atoms with Gasteiger partial charge in [-0.3, -0.25) is 19.6 Å². The number of H-pyrrole nitrogens is 2.